The molecule has 8 heteroatoms. The number of halogens is 1. The van der Waals surface area contributed by atoms with Crippen LogP contribution in [0.5, 0.6) is 0 Å². The Morgan fingerprint density at radius 3 is 2.48 bits per heavy atom. The van der Waals surface area contributed by atoms with Crippen LogP contribution in [0, 0.1) is 19.7 Å². The van der Waals surface area contributed by atoms with Crippen LogP contribution in [0.25, 0.3) is 11.3 Å². The lowest BCUT2D eigenvalue weighted by atomic mass is 10.0. The summed E-state index contributed by atoms with van der Waals surface area (Å²) in [5.41, 5.74) is 4.80. The highest BCUT2D eigenvalue weighted by Crippen LogP contribution is 2.21. The highest BCUT2D eigenvalue weighted by atomic mass is 19.1. The molecule has 1 aliphatic rings. The monoisotopic (exact) mass is 424 g/mol. The van der Waals surface area contributed by atoms with E-state index in [0.29, 0.717) is 0 Å². The first-order valence-electron chi connectivity index (χ1n) is 10.7. The largest absolute Gasteiger partial charge is 0.352 e. The van der Waals surface area contributed by atoms with Crippen LogP contribution in [0.1, 0.15) is 29.9 Å². The van der Waals surface area contributed by atoms with Gasteiger partial charge in [-0.05, 0) is 63.1 Å². The number of carbonyl (C=O) groups is 1. The first kappa shape index (κ1) is 21.2. The maximum atomic E-state index is 13.2. The number of amides is 1. The predicted molar refractivity (Wildman–Crippen MR) is 117 cm³/mol. The predicted octanol–water partition coefficient (Wildman–Crippen LogP) is 2.82. The first-order chi connectivity index (χ1) is 14.9. The van der Waals surface area contributed by atoms with E-state index in [4.69, 9.17) is 0 Å². The van der Waals surface area contributed by atoms with Gasteiger partial charge in [-0.2, -0.15) is 10.2 Å². The zero-order chi connectivity index (χ0) is 22.0. The molecule has 3 heterocycles. The maximum Gasteiger partial charge on any atom is 0.241 e. The summed E-state index contributed by atoms with van der Waals surface area (Å²) in [5, 5.41) is 12.1. The molecular weight excluding hydrogens is 395 g/mol. The van der Waals surface area contributed by atoms with Crippen LogP contribution in [0.15, 0.2) is 36.4 Å². The number of rotatable bonds is 6. The van der Waals surface area contributed by atoms with Crippen molar-refractivity contribution in [1.82, 2.24) is 29.8 Å². The first-order valence-corrected chi connectivity index (χ1v) is 10.7. The molecule has 164 valence electrons. The third kappa shape index (κ3) is 5.19. The van der Waals surface area contributed by atoms with Crippen LogP contribution in [0.2, 0.25) is 0 Å². The fourth-order valence-corrected chi connectivity index (χ4v) is 4.12. The van der Waals surface area contributed by atoms with Crippen LogP contribution in [0.4, 0.5) is 4.39 Å². The van der Waals surface area contributed by atoms with Gasteiger partial charge in [-0.25, -0.2) is 4.39 Å². The molecule has 1 amide bonds. The number of hydrogen-bond acceptors (Lipinski definition) is 4. The van der Waals surface area contributed by atoms with Gasteiger partial charge in [-0.1, -0.05) is 0 Å². The molecular formula is C23H29FN6O. The standard InChI is InChI=1S/C23H29FN6O/c1-16-12-17(2)30(26-16)15-23(31)25-20-8-10-29(11-9-20)14-21-13-22(27-28(21)3)18-4-6-19(24)7-5-18/h4-7,12-13,20H,8-11,14-15H2,1-3H3,(H,25,31). The summed E-state index contributed by atoms with van der Waals surface area (Å²) >= 11 is 0. The number of aryl methyl sites for hydroxylation is 3. The summed E-state index contributed by atoms with van der Waals surface area (Å²) in [6, 6.07) is 10.7. The van der Waals surface area contributed by atoms with Crippen LogP contribution in [-0.2, 0) is 24.9 Å². The Balaban J connectivity index is 1.28. The molecule has 7 nitrogen and oxygen atoms in total. The van der Waals surface area contributed by atoms with Crippen molar-refractivity contribution < 1.29 is 9.18 Å². The average molecular weight is 425 g/mol. The molecule has 1 aromatic carbocycles. The fraction of sp³-hybridized carbons (Fsp3) is 0.435. The van der Waals surface area contributed by atoms with Crippen molar-refractivity contribution in [2.24, 2.45) is 7.05 Å². The molecule has 0 atom stereocenters. The minimum absolute atomic E-state index is 0.0141. The molecule has 0 aliphatic carbocycles. The third-order valence-corrected chi connectivity index (χ3v) is 5.85. The molecule has 0 bridgehead atoms. The van der Waals surface area contributed by atoms with Crippen LogP contribution in [-0.4, -0.2) is 49.5 Å². The van der Waals surface area contributed by atoms with E-state index < -0.39 is 0 Å². The molecule has 1 aliphatic heterocycles. The van der Waals surface area contributed by atoms with E-state index in [0.717, 1.165) is 60.8 Å². The van der Waals surface area contributed by atoms with Gasteiger partial charge in [0.05, 0.1) is 17.1 Å². The highest BCUT2D eigenvalue weighted by Gasteiger charge is 2.22. The van der Waals surface area contributed by atoms with Gasteiger partial charge in [0.1, 0.15) is 12.4 Å². The Kier molecular flexibility index (Phi) is 6.18. The Hall–Kier alpha value is -3.00. The quantitative estimate of drug-likeness (QED) is 0.661. The third-order valence-electron chi connectivity index (χ3n) is 5.85. The minimum atomic E-state index is -0.246. The van der Waals surface area contributed by atoms with Gasteiger partial charge < -0.3 is 5.32 Å². The van der Waals surface area contributed by atoms with Gasteiger partial charge in [-0.15, -0.1) is 0 Å². The van der Waals surface area contributed by atoms with E-state index >= 15 is 0 Å². The molecule has 1 N–H and O–H groups in total. The second-order valence-electron chi connectivity index (χ2n) is 8.35. The fourth-order valence-electron chi connectivity index (χ4n) is 4.12. The second-order valence-corrected chi connectivity index (χ2v) is 8.35. The molecule has 0 spiro atoms. The molecule has 0 unspecified atom stereocenters. The summed E-state index contributed by atoms with van der Waals surface area (Å²) < 4.78 is 16.8. The zero-order valence-electron chi connectivity index (χ0n) is 18.3. The smallest absolute Gasteiger partial charge is 0.241 e. The molecule has 0 saturated carbocycles. The number of benzene rings is 1. The molecule has 2 aromatic heterocycles. The minimum Gasteiger partial charge on any atom is -0.352 e. The van der Waals surface area contributed by atoms with Gasteiger partial charge in [-0.3, -0.25) is 19.1 Å². The number of nitrogens with one attached hydrogen (secondary N) is 1. The second kappa shape index (κ2) is 9.01. The Labute approximate surface area is 181 Å². The summed E-state index contributed by atoms with van der Waals surface area (Å²) in [6.45, 7) is 6.80. The number of aromatic nitrogens is 4. The van der Waals surface area contributed by atoms with Gasteiger partial charge in [0, 0.05) is 44.0 Å². The van der Waals surface area contributed by atoms with Crippen molar-refractivity contribution in [3.05, 3.63) is 59.3 Å². The van der Waals surface area contributed by atoms with Gasteiger partial charge in [0.2, 0.25) is 5.91 Å². The lowest BCUT2D eigenvalue weighted by Crippen LogP contribution is -2.45. The summed E-state index contributed by atoms with van der Waals surface area (Å²) in [4.78, 5) is 14.8. The van der Waals surface area contributed by atoms with Crippen LogP contribution < -0.4 is 5.32 Å². The van der Waals surface area contributed by atoms with E-state index in [1.54, 1.807) is 16.8 Å². The van der Waals surface area contributed by atoms with Crippen molar-refractivity contribution in [2.75, 3.05) is 13.1 Å². The summed E-state index contributed by atoms with van der Waals surface area (Å²) in [6.07, 6.45) is 1.84. The summed E-state index contributed by atoms with van der Waals surface area (Å²) in [5.74, 6) is -0.232. The van der Waals surface area contributed by atoms with E-state index in [1.165, 1.54) is 12.1 Å². The van der Waals surface area contributed by atoms with Gasteiger partial charge >= 0.3 is 0 Å². The molecule has 1 fully saturated rings. The van der Waals surface area contributed by atoms with Crippen LogP contribution >= 0.6 is 0 Å². The summed E-state index contributed by atoms with van der Waals surface area (Å²) in [7, 11) is 1.94. The van der Waals surface area contributed by atoms with Gasteiger partial charge in [0.15, 0.2) is 0 Å². The van der Waals surface area contributed by atoms with Crippen molar-refractivity contribution >= 4 is 5.91 Å². The average Bonchev–Trinajstić information content (AvgIpc) is 3.25. The number of hydrogen-bond donors (Lipinski definition) is 1. The van der Waals surface area contributed by atoms with Crippen molar-refractivity contribution in [3.63, 3.8) is 0 Å². The lowest BCUT2D eigenvalue weighted by Gasteiger charge is -2.32. The number of nitrogens with zero attached hydrogens (tertiary/aromatic N) is 5. The van der Waals surface area contributed by atoms with E-state index in [9.17, 15) is 9.18 Å². The Morgan fingerprint density at radius 1 is 1.13 bits per heavy atom. The number of carbonyl (C=O) groups excluding carboxylic acids is 1. The Bertz CT molecular complexity index is 1050. The molecule has 3 aromatic rings. The molecule has 31 heavy (non-hydrogen) atoms. The van der Waals surface area contributed by atoms with Crippen LogP contribution in [0.3, 0.4) is 0 Å². The zero-order valence-corrected chi connectivity index (χ0v) is 18.3. The van der Waals surface area contributed by atoms with E-state index in [2.05, 4.69) is 26.5 Å². The van der Waals surface area contributed by atoms with Crippen molar-refractivity contribution in [3.8, 4) is 11.3 Å². The molecule has 0 radical (unpaired) electrons. The normalized spacial score (nSPS) is 15.4. The number of likely N-dealkylation sites (tertiary alicyclic amines) is 1. The maximum absolute atomic E-state index is 13.2. The van der Waals surface area contributed by atoms with E-state index in [-0.39, 0.29) is 24.3 Å². The topological polar surface area (TPSA) is 68.0 Å². The lowest BCUT2D eigenvalue weighted by molar-refractivity contribution is -0.122. The number of piperidine rings is 1. The Morgan fingerprint density at radius 2 is 1.84 bits per heavy atom. The van der Waals surface area contributed by atoms with Crippen molar-refractivity contribution in [1.29, 1.82) is 0 Å². The highest BCUT2D eigenvalue weighted by molar-refractivity contribution is 5.76. The SMILES string of the molecule is Cc1cc(C)n(CC(=O)NC2CCN(Cc3cc(-c4ccc(F)cc4)nn3C)CC2)n1. The van der Waals surface area contributed by atoms with E-state index in [1.807, 2.05) is 31.6 Å². The van der Waals surface area contributed by atoms with Crippen molar-refractivity contribution in [2.45, 2.75) is 45.8 Å². The molecule has 1 saturated heterocycles. The van der Waals surface area contributed by atoms with Gasteiger partial charge in [0.25, 0.3) is 0 Å². The molecule has 4 rings (SSSR count).